The van der Waals surface area contributed by atoms with Crippen molar-refractivity contribution in [2.45, 2.75) is 0 Å². The third kappa shape index (κ3) is 2.90. The molecule has 0 aliphatic carbocycles. The van der Waals surface area contributed by atoms with Gasteiger partial charge in [0.1, 0.15) is 11.6 Å². The lowest BCUT2D eigenvalue weighted by atomic mass is 10.2. The van der Waals surface area contributed by atoms with E-state index in [0.717, 1.165) is 0 Å². The van der Waals surface area contributed by atoms with Gasteiger partial charge in [0.15, 0.2) is 11.6 Å². The maximum atomic E-state index is 13.0. The van der Waals surface area contributed by atoms with E-state index in [1.165, 1.54) is 31.4 Å². The Bertz CT molecular complexity index is 726. The molecule has 0 saturated carbocycles. The van der Waals surface area contributed by atoms with E-state index in [4.69, 9.17) is 4.74 Å². The van der Waals surface area contributed by atoms with Crippen molar-refractivity contribution in [2.75, 3.05) is 7.11 Å². The Labute approximate surface area is 125 Å². The zero-order valence-electron chi connectivity index (χ0n) is 11.6. The summed E-state index contributed by atoms with van der Waals surface area (Å²) < 4.78 is 31.1. The Morgan fingerprint density at radius 1 is 0.682 bits per heavy atom. The second kappa shape index (κ2) is 5.85. The topological polar surface area (TPSA) is 47.9 Å². The number of methoxy groups -OCH3 is 1. The summed E-state index contributed by atoms with van der Waals surface area (Å²) in [5.74, 6) is 0.0180. The van der Waals surface area contributed by atoms with E-state index >= 15 is 0 Å². The van der Waals surface area contributed by atoms with Crippen LogP contribution in [0, 0.1) is 11.6 Å². The molecule has 110 valence electrons. The monoisotopic (exact) mass is 299 g/mol. The molecule has 0 saturated heterocycles. The normalized spacial score (nSPS) is 10.5. The fourth-order valence-corrected chi connectivity index (χ4v) is 1.90. The van der Waals surface area contributed by atoms with Crippen LogP contribution in [0.2, 0.25) is 0 Å². The van der Waals surface area contributed by atoms with E-state index < -0.39 is 0 Å². The van der Waals surface area contributed by atoms with Crippen LogP contribution in [0.3, 0.4) is 0 Å². The minimum absolute atomic E-state index is 0.133. The first-order valence-corrected chi connectivity index (χ1v) is 6.47. The largest absolute Gasteiger partial charge is 0.467 e. The Balaban J connectivity index is 2.10. The van der Waals surface area contributed by atoms with Crippen molar-refractivity contribution in [3.8, 4) is 28.8 Å². The van der Waals surface area contributed by atoms with Crippen molar-refractivity contribution in [3.63, 3.8) is 0 Å². The fraction of sp³-hybridized carbons (Fsp3) is 0.0625. The Hall–Kier alpha value is -2.89. The van der Waals surface area contributed by atoms with Crippen LogP contribution >= 0.6 is 0 Å². The van der Waals surface area contributed by atoms with Crippen LogP contribution in [0.5, 0.6) is 6.01 Å². The van der Waals surface area contributed by atoms with Crippen LogP contribution in [0.1, 0.15) is 0 Å². The van der Waals surface area contributed by atoms with Crippen molar-refractivity contribution in [2.24, 2.45) is 0 Å². The van der Waals surface area contributed by atoms with Gasteiger partial charge in [-0.2, -0.15) is 9.97 Å². The number of benzene rings is 2. The smallest absolute Gasteiger partial charge is 0.320 e. The first kappa shape index (κ1) is 14.1. The van der Waals surface area contributed by atoms with Crippen LogP contribution in [0.4, 0.5) is 8.78 Å². The van der Waals surface area contributed by atoms with Gasteiger partial charge in [0, 0.05) is 11.1 Å². The number of nitrogens with zero attached hydrogens (tertiary/aromatic N) is 3. The van der Waals surface area contributed by atoms with Gasteiger partial charge in [-0.25, -0.2) is 13.8 Å². The summed E-state index contributed by atoms with van der Waals surface area (Å²) >= 11 is 0. The summed E-state index contributed by atoms with van der Waals surface area (Å²) in [5.41, 5.74) is 1.26. The van der Waals surface area contributed by atoms with Gasteiger partial charge < -0.3 is 4.74 Å². The molecular formula is C16H11F2N3O. The van der Waals surface area contributed by atoms with Crippen LogP contribution in [-0.2, 0) is 0 Å². The van der Waals surface area contributed by atoms with Crippen molar-refractivity contribution in [3.05, 3.63) is 60.2 Å². The quantitative estimate of drug-likeness (QED) is 0.742. The van der Waals surface area contributed by atoms with Gasteiger partial charge in [-0.1, -0.05) is 0 Å². The lowest BCUT2D eigenvalue weighted by molar-refractivity contribution is 0.379. The molecule has 0 N–H and O–H groups in total. The molecule has 0 spiro atoms. The SMILES string of the molecule is COc1nc(-c2ccc(F)cc2)nc(-c2ccc(F)cc2)n1. The molecule has 0 bridgehead atoms. The highest BCUT2D eigenvalue weighted by Crippen LogP contribution is 2.22. The van der Waals surface area contributed by atoms with E-state index in [2.05, 4.69) is 15.0 Å². The maximum Gasteiger partial charge on any atom is 0.320 e. The molecule has 0 amide bonds. The number of rotatable bonds is 3. The van der Waals surface area contributed by atoms with Crippen LogP contribution < -0.4 is 4.74 Å². The summed E-state index contributed by atoms with van der Waals surface area (Å²) in [5, 5.41) is 0. The third-order valence-electron chi connectivity index (χ3n) is 3.00. The van der Waals surface area contributed by atoms with Crippen molar-refractivity contribution in [1.82, 2.24) is 15.0 Å². The first-order valence-electron chi connectivity index (χ1n) is 6.47. The molecule has 3 rings (SSSR count). The lowest BCUT2D eigenvalue weighted by Crippen LogP contribution is -2.00. The molecule has 0 radical (unpaired) electrons. The summed E-state index contributed by atoms with van der Waals surface area (Å²) in [6.07, 6.45) is 0. The van der Waals surface area contributed by atoms with Crippen LogP contribution in [0.25, 0.3) is 22.8 Å². The minimum atomic E-state index is -0.344. The summed E-state index contributed by atoms with van der Waals surface area (Å²) in [6.45, 7) is 0. The fourth-order valence-electron chi connectivity index (χ4n) is 1.90. The maximum absolute atomic E-state index is 13.0. The van der Waals surface area contributed by atoms with Crippen molar-refractivity contribution < 1.29 is 13.5 Å². The Morgan fingerprint density at radius 3 is 1.45 bits per heavy atom. The Morgan fingerprint density at radius 2 is 1.09 bits per heavy atom. The van der Waals surface area contributed by atoms with Crippen molar-refractivity contribution >= 4 is 0 Å². The van der Waals surface area contributed by atoms with Gasteiger partial charge in [-0.3, -0.25) is 0 Å². The third-order valence-corrected chi connectivity index (χ3v) is 3.00. The summed E-state index contributed by atoms with van der Waals surface area (Å²) in [7, 11) is 1.44. The zero-order chi connectivity index (χ0) is 15.5. The zero-order valence-corrected chi connectivity index (χ0v) is 11.6. The summed E-state index contributed by atoms with van der Waals surface area (Å²) in [4.78, 5) is 12.6. The lowest BCUT2D eigenvalue weighted by Gasteiger charge is -2.06. The predicted octanol–water partition coefficient (Wildman–Crippen LogP) is 3.49. The number of aromatic nitrogens is 3. The molecule has 2 aromatic carbocycles. The predicted molar refractivity (Wildman–Crippen MR) is 77.2 cm³/mol. The molecule has 0 aliphatic heterocycles. The number of hydrogen-bond acceptors (Lipinski definition) is 4. The van der Waals surface area contributed by atoms with E-state index in [1.54, 1.807) is 24.3 Å². The van der Waals surface area contributed by atoms with E-state index in [9.17, 15) is 8.78 Å². The summed E-state index contributed by atoms with van der Waals surface area (Å²) in [6, 6.07) is 11.7. The average Bonchev–Trinajstić information content (AvgIpc) is 2.55. The van der Waals surface area contributed by atoms with E-state index in [0.29, 0.717) is 22.8 Å². The standard InChI is InChI=1S/C16H11F2N3O/c1-22-16-20-14(10-2-6-12(17)7-3-10)19-15(21-16)11-4-8-13(18)9-5-11/h2-9H,1H3. The molecule has 1 aromatic heterocycles. The molecule has 4 nitrogen and oxygen atoms in total. The molecule has 0 fully saturated rings. The first-order chi connectivity index (χ1) is 10.7. The van der Waals surface area contributed by atoms with E-state index in [-0.39, 0.29) is 17.6 Å². The number of hydrogen-bond donors (Lipinski definition) is 0. The molecule has 0 aliphatic rings. The van der Waals surface area contributed by atoms with Gasteiger partial charge >= 0.3 is 6.01 Å². The second-order valence-electron chi connectivity index (χ2n) is 4.48. The molecular weight excluding hydrogens is 288 g/mol. The van der Waals surface area contributed by atoms with E-state index in [1.807, 2.05) is 0 Å². The average molecular weight is 299 g/mol. The molecule has 3 aromatic rings. The van der Waals surface area contributed by atoms with Gasteiger partial charge in [-0.15, -0.1) is 0 Å². The highest BCUT2D eigenvalue weighted by molar-refractivity contribution is 5.61. The molecule has 0 unspecified atom stereocenters. The molecule has 6 heteroatoms. The molecule has 1 heterocycles. The molecule has 0 atom stereocenters. The highest BCUT2D eigenvalue weighted by atomic mass is 19.1. The number of ether oxygens (including phenoxy) is 1. The minimum Gasteiger partial charge on any atom is -0.467 e. The number of halogens is 2. The highest BCUT2D eigenvalue weighted by Gasteiger charge is 2.11. The van der Waals surface area contributed by atoms with Gasteiger partial charge in [0.2, 0.25) is 0 Å². The van der Waals surface area contributed by atoms with Gasteiger partial charge in [-0.05, 0) is 48.5 Å². The Kier molecular flexibility index (Phi) is 3.74. The van der Waals surface area contributed by atoms with Gasteiger partial charge in [0.05, 0.1) is 7.11 Å². The van der Waals surface area contributed by atoms with Crippen molar-refractivity contribution in [1.29, 1.82) is 0 Å². The van der Waals surface area contributed by atoms with Crippen LogP contribution in [-0.4, -0.2) is 22.1 Å². The molecule has 22 heavy (non-hydrogen) atoms. The van der Waals surface area contributed by atoms with Gasteiger partial charge in [0.25, 0.3) is 0 Å². The second-order valence-corrected chi connectivity index (χ2v) is 4.48. The van der Waals surface area contributed by atoms with Crippen LogP contribution in [0.15, 0.2) is 48.5 Å².